The van der Waals surface area contributed by atoms with Crippen LogP contribution in [-0.4, -0.2) is 56.9 Å². The topological polar surface area (TPSA) is 97.0 Å². The third kappa shape index (κ3) is 5.24. The van der Waals surface area contributed by atoms with Crippen LogP contribution in [0.15, 0.2) is 54.9 Å². The average molecular weight is 452 g/mol. The third-order valence-corrected chi connectivity index (χ3v) is 5.39. The summed E-state index contributed by atoms with van der Waals surface area (Å²) in [6.07, 6.45) is 1.21. The van der Waals surface area contributed by atoms with Crippen LogP contribution in [0.1, 0.15) is 30.5 Å². The maximum absolute atomic E-state index is 14.7. The van der Waals surface area contributed by atoms with Crippen molar-refractivity contribution < 1.29 is 29.2 Å². The lowest BCUT2D eigenvalue weighted by atomic mass is 10.0. The first-order valence-corrected chi connectivity index (χ1v) is 10.6. The standard InChI is InChI=1S/C25H25FN2O5/c1-16(30)25-27-10-11-28(25)19(13-29)7-4-17-2-5-18(6-3-17)21-9-8-20(12-22(21)26)33-24-15-32-14-23(24)31/h2-3,5-6,8-12,16,19,23-24,29-31H,13-15H2,1H3/t16-,19-,23-,24-/m0/s1. The van der Waals surface area contributed by atoms with Crippen LogP contribution < -0.4 is 4.74 Å². The summed E-state index contributed by atoms with van der Waals surface area (Å²) >= 11 is 0. The molecule has 4 atom stereocenters. The molecule has 8 heteroatoms. The van der Waals surface area contributed by atoms with Crippen molar-refractivity contribution in [3.05, 3.63) is 72.1 Å². The van der Waals surface area contributed by atoms with Gasteiger partial charge in [0, 0.05) is 29.6 Å². The summed E-state index contributed by atoms with van der Waals surface area (Å²) in [5, 5.41) is 29.3. The van der Waals surface area contributed by atoms with Gasteiger partial charge in [-0.2, -0.15) is 0 Å². The molecule has 172 valence electrons. The van der Waals surface area contributed by atoms with E-state index in [4.69, 9.17) is 9.47 Å². The highest BCUT2D eigenvalue weighted by Crippen LogP contribution is 2.28. The molecule has 0 aliphatic carbocycles. The molecule has 1 saturated heterocycles. The number of halogens is 1. The minimum Gasteiger partial charge on any atom is -0.485 e. The predicted molar refractivity (Wildman–Crippen MR) is 119 cm³/mol. The molecule has 33 heavy (non-hydrogen) atoms. The van der Waals surface area contributed by atoms with Gasteiger partial charge in [-0.1, -0.05) is 24.0 Å². The Labute approximate surface area is 191 Å². The van der Waals surface area contributed by atoms with Crippen LogP contribution in [-0.2, 0) is 4.74 Å². The van der Waals surface area contributed by atoms with Crippen LogP contribution in [0.3, 0.4) is 0 Å². The van der Waals surface area contributed by atoms with Gasteiger partial charge in [-0.25, -0.2) is 9.37 Å². The number of ether oxygens (including phenoxy) is 2. The molecule has 4 rings (SSSR count). The smallest absolute Gasteiger partial charge is 0.150 e. The number of hydrogen-bond acceptors (Lipinski definition) is 6. The summed E-state index contributed by atoms with van der Waals surface area (Å²) in [7, 11) is 0. The minimum atomic E-state index is -0.779. The van der Waals surface area contributed by atoms with E-state index in [2.05, 4.69) is 16.8 Å². The van der Waals surface area contributed by atoms with Gasteiger partial charge >= 0.3 is 0 Å². The number of imidazole rings is 1. The first-order chi connectivity index (χ1) is 16.0. The molecule has 0 unspecified atom stereocenters. The molecule has 0 spiro atoms. The van der Waals surface area contributed by atoms with Crippen molar-refractivity contribution in [2.75, 3.05) is 19.8 Å². The third-order valence-electron chi connectivity index (χ3n) is 5.39. The van der Waals surface area contributed by atoms with Crippen LogP contribution in [0.5, 0.6) is 5.75 Å². The molecule has 0 radical (unpaired) electrons. The van der Waals surface area contributed by atoms with Crippen molar-refractivity contribution in [1.82, 2.24) is 9.55 Å². The molecule has 7 nitrogen and oxygen atoms in total. The Morgan fingerprint density at radius 3 is 2.67 bits per heavy atom. The molecule has 3 N–H and O–H groups in total. The monoisotopic (exact) mass is 452 g/mol. The molecule has 1 aliphatic rings. The molecule has 2 heterocycles. The Kier molecular flexibility index (Phi) is 7.06. The predicted octanol–water partition coefficient (Wildman–Crippen LogP) is 2.47. The Balaban J connectivity index is 1.48. The van der Waals surface area contributed by atoms with E-state index in [-0.39, 0.29) is 19.8 Å². The first-order valence-electron chi connectivity index (χ1n) is 10.6. The van der Waals surface area contributed by atoms with Gasteiger partial charge in [-0.15, -0.1) is 0 Å². The zero-order valence-electron chi connectivity index (χ0n) is 18.1. The summed E-state index contributed by atoms with van der Waals surface area (Å²) in [5.74, 6) is 6.32. The fourth-order valence-electron chi connectivity index (χ4n) is 3.63. The summed E-state index contributed by atoms with van der Waals surface area (Å²) in [5.41, 5.74) is 1.79. The molecule has 3 aromatic rings. The van der Waals surface area contributed by atoms with Gasteiger partial charge in [0.2, 0.25) is 0 Å². The van der Waals surface area contributed by atoms with Gasteiger partial charge in [0.25, 0.3) is 0 Å². The zero-order chi connectivity index (χ0) is 23.4. The van der Waals surface area contributed by atoms with Crippen molar-refractivity contribution in [3.63, 3.8) is 0 Å². The second-order valence-electron chi connectivity index (χ2n) is 7.82. The Morgan fingerprint density at radius 1 is 1.24 bits per heavy atom. The van der Waals surface area contributed by atoms with E-state index in [1.165, 1.54) is 6.07 Å². The Morgan fingerprint density at radius 2 is 2.03 bits per heavy atom. The van der Waals surface area contributed by atoms with E-state index in [0.29, 0.717) is 28.3 Å². The van der Waals surface area contributed by atoms with Gasteiger partial charge < -0.3 is 29.4 Å². The number of aromatic nitrogens is 2. The van der Waals surface area contributed by atoms with Gasteiger partial charge in [-0.05, 0) is 36.8 Å². The largest absolute Gasteiger partial charge is 0.485 e. The fraction of sp³-hybridized carbons (Fsp3) is 0.320. The van der Waals surface area contributed by atoms with Gasteiger partial charge in [-0.3, -0.25) is 0 Å². The van der Waals surface area contributed by atoms with Crippen LogP contribution in [0, 0.1) is 17.7 Å². The van der Waals surface area contributed by atoms with E-state index in [0.717, 1.165) is 0 Å². The van der Waals surface area contributed by atoms with E-state index in [1.54, 1.807) is 60.3 Å². The van der Waals surface area contributed by atoms with Crippen molar-refractivity contribution >= 4 is 0 Å². The highest BCUT2D eigenvalue weighted by Gasteiger charge is 2.28. The molecular formula is C25H25FN2O5. The van der Waals surface area contributed by atoms with Crippen LogP contribution >= 0.6 is 0 Å². The lowest BCUT2D eigenvalue weighted by molar-refractivity contribution is 0.0731. The molecule has 1 aliphatic heterocycles. The normalized spacial score (nSPS) is 19.5. The summed E-state index contributed by atoms with van der Waals surface area (Å²) in [6.45, 7) is 1.85. The van der Waals surface area contributed by atoms with Gasteiger partial charge in [0.05, 0.1) is 19.8 Å². The average Bonchev–Trinajstić information content (AvgIpc) is 3.45. The van der Waals surface area contributed by atoms with E-state index < -0.39 is 30.2 Å². The number of nitrogens with zero attached hydrogens (tertiary/aromatic N) is 2. The zero-order valence-corrected chi connectivity index (χ0v) is 18.1. The minimum absolute atomic E-state index is 0.212. The number of hydrogen-bond donors (Lipinski definition) is 3. The number of rotatable bonds is 6. The molecule has 0 saturated carbocycles. The Hall–Kier alpha value is -3.22. The highest BCUT2D eigenvalue weighted by molar-refractivity contribution is 5.66. The van der Waals surface area contributed by atoms with E-state index in [9.17, 15) is 19.7 Å². The second kappa shape index (κ2) is 10.1. The second-order valence-corrected chi connectivity index (χ2v) is 7.82. The maximum Gasteiger partial charge on any atom is 0.150 e. The van der Waals surface area contributed by atoms with Crippen LogP contribution in [0.2, 0.25) is 0 Å². The molecule has 2 aromatic carbocycles. The first kappa shape index (κ1) is 23.0. The SMILES string of the molecule is C[C@H](O)c1nccn1[C@@H](C#Cc1ccc(-c2ccc(O[C@H]3COC[C@@H]3O)cc2F)cc1)CO. The van der Waals surface area contributed by atoms with E-state index >= 15 is 0 Å². The number of benzene rings is 2. The van der Waals surface area contributed by atoms with Gasteiger partial charge in [0.15, 0.2) is 0 Å². The Bertz CT molecular complexity index is 1150. The molecule has 1 fully saturated rings. The van der Waals surface area contributed by atoms with Crippen molar-refractivity contribution in [2.45, 2.75) is 31.3 Å². The summed E-state index contributed by atoms with van der Waals surface area (Å²) in [6, 6.07) is 11.1. The van der Waals surface area contributed by atoms with Gasteiger partial charge in [0.1, 0.15) is 41.7 Å². The van der Waals surface area contributed by atoms with E-state index in [1.807, 2.05) is 0 Å². The van der Waals surface area contributed by atoms with Crippen molar-refractivity contribution in [2.24, 2.45) is 0 Å². The van der Waals surface area contributed by atoms with Crippen LogP contribution in [0.25, 0.3) is 11.1 Å². The fourth-order valence-corrected chi connectivity index (χ4v) is 3.63. The molecule has 0 amide bonds. The molecule has 1 aromatic heterocycles. The van der Waals surface area contributed by atoms with Crippen LogP contribution in [0.4, 0.5) is 4.39 Å². The molecular weight excluding hydrogens is 427 g/mol. The van der Waals surface area contributed by atoms with Crippen molar-refractivity contribution in [1.29, 1.82) is 0 Å². The number of aliphatic hydroxyl groups excluding tert-OH is 3. The summed E-state index contributed by atoms with van der Waals surface area (Å²) in [4.78, 5) is 4.10. The number of aliphatic hydroxyl groups is 3. The van der Waals surface area contributed by atoms with Crippen molar-refractivity contribution in [3.8, 4) is 28.7 Å². The lowest BCUT2D eigenvalue weighted by Gasteiger charge is -2.16. The maximum atomic E-state index is 14.7. The lowest BCUT2D eigenvalue weighted by Crippen LogP contribution is -2.29. The molecule has 0 bridgehead atoms. The summed E-state index contributed by atoms with van der Waals surface area (Å²) < 4.78 is 27.1. The quantitative estimate of drug-likeness (QED) is 0.498. The highest BCUT2D eigenvalue weighted by atomic mass is 19.1.